The number of fused-ring (bicyclic) bond motifs is 3. The number of aryl methyl sites for hydroxylation is 1. The van der Waals surface area contributed by atoms with Crippen LogP contribution in [0.2, 0.25) is 5.02 Å². The number of carboxylic acid groups (broad SMARTS) is 1. The molecular formula is C19H19ClN4O3. The van der Waals surface area contributed by atoms with Crippen molar-refractivity contribution in [1.29, 1.82) is 0 Å². The lowest BCUT2D eigenvalue weighted by atomic mass is 9.88. The van der Waals surface area contributed by atoms with Gasteiger partial charge in [0.05, 0.1) is 23.4 Å². The van der Waals surface area contributed by atoms with Gasteiger partial charge in [0.15, 0.2) is 0 Å². The molecule has 2 aliphatic heterocycles. The molecule has 0 unspecified atom stereocenters. The second kappa shape index (κ2) is 7.25. The molecule has 4 heterocycles. The first kappa shape index (κ1) is 17.9. The molecule has 2 bridgehead atoms. The number of ether oxygens (including phenoxy) is 1. The minimum absolute atomic E-state index is 0.250. The van der Waals surface area contributed by atoms with E-state index in [9.17, 15) is 0 Å². The number of pyridine rings is 1. The second-order valence-corrected chi connectivity index (χ2v) is 7.18. The van der Waals surface area contributed by atoms with E-state index in [1.165, 1.54) is 6.42 Å². The Labute approximate surface area is 161 Å². The molecule has 0 amide bonds. The highest BCUT2D eigenvalue weighted by molar-refractivity contribution is 6.31. The Morgan fingerprint density at radius 3 is 2.85 bits per heavy atom. The highest BCUT2D eigenvalue weighted by Crippen LogP contribution is 2.44. The molecule has 3 aromatic rings. The van der Waals surface area contributed by atoms with E-state index in [2.05, 4.69) is 10.1 Å². The SMILES string of the molecule is Cc1nc([C@@H]2C[C@@H]3CC[C@H]2O3)n(-c2ccnc3cc(Cl)ccc23)n1.O=CO. The monoisotopic (exact) mass is 386 g/mol. The quantitative estimate of drug-likeness (QED) is 0.678. The number of hydrogen-bond acceptors (Lipinski definition) is 5. The molecule has 3 atom stereocenters. The van der Waals surface area contributed by atoms with Crippen molar-refractivity contribution in [2.75, 3.05) is 0 Å². The molecule has 2 fully saturated rings. The van der Waals surface area contributed by atoms with E-state index >= 15 is 0 Å². The minimum Gasteiger partial charge on any atom is -0.483 e. The molecule has 2 aliphatic rings. The van der Waals surface area contributed by atoms with Gasteiger partial charge in [0.1, 0.15) is 11.6 Å². The lowest BCUT2D eigenvalue weighted by Gasteiger charge is -2.19. The molecule has 1 aromatic carbocycles. The Morgan fingerprint density at radius 1 is 1.33 bits per heavy atom. The van der Waals surface area contributed by atoms with Crippen molar-refractivity contribution in [3.8, 4) is 5.69 Å². The van der Waals surface area contributed by atoms with E-state index in [0.29, 0.717) is 17.0 Å². The van der Waals surface area contributed by atoms with Crippen molar-refractivity contribution in [2.45, 2.75) is 44.3 Å². The largest absolute Gasteiger partial charge is 0.483 e. The highest BCUT2D eigenvalue weighted by Gasteiger charge is 2.44. The Balaban J connectivity index is 0.000000565. The summed E-state index contributed by atoms with van der Waals surface area (Å²) in [7, 11) is 0. The summed E-state index contributed by atoms with van der Waals surface area (Å²) in [5.41, 5.74) is 1.86. The molecule has 5 rings (SSSR count). The summed E-state index contributed by atoms with van der Waals surface area (Å²) in [5, 5.41) is 13.3. The first-order chi connectivity index (χ1) is 13.1. The fourth-order valence-electron chi connectivity index (χ4n) is 4.05. The van der Waals surface area contributed by atoms with Crippen molar-refractivity contribution in [1.82, 2.24) is 19.7 Å². The molecule has 0 saturated carbocycles. The lowest BCUT2D eigenvalue weighted by Crippen LogP contribution is -2.19. The molecule has 2 saturated heterocycles. The first-order valence-corrected chi connectivity index (χ1v) is 9.20. The van der Waals surface area contributed by atoms with E-state index in [-0.39, 0.29) is 12.6 Å². The third-order valence-electron chi connectivity index (χ3n) is 5.09. The fourth-order valence-corrected chi connectivity index (χ4v) is 4.22. The molecule has 0 spiro atoms. The van der Waals surface area contributed by atoms with Gasteiger partial charge < -0.3 is 9.84 Å². The molecule has 27 heavy (non-hydrogen) atoms. The Bertz CT molecular complexity index is 990. The van der Waals surface area contributed by atoms with E-state index in [0.717, 1.165) is 41.1 Å². The van der Waals surface area contributed by atoms with Crippen molar-refractivity contribution in [3.05, 3.63) is 47.1 Å². The number of halogens is 1. The molecule has 7 nitrogen and oxygen atoms in total. The predicted molar refractivity (Wildman–Crippen MR) is 100 cm³/mol. The van der Waals surface area contributed by atoms with Gasteiger partial charge in [0.2, 0.25) is 0 Å². The van der Waals surface area contributed by atoms with Crippen LogP contribution in [0.4, 0.5) is 0 Å². The third-order valence-corrected chi connectivity index (χ3v) is 5.32. The standard InChI is InChI=1S/C18H17ClN4O.CH2O2/c1-10-21-18(14-9-12-3-5-17(14)24-12)23(22-10)16-6-7-20-15-8-11(19)2-4-13(15)16;2-1-3/h2,4,6-8,12,14,17H,3,5,9H2,1H3;1H,(H,2,3)/t12-,14+,17+;/m0./s1. The minimum atomic E-state index is -0.250. The van der Waals surface area contributed by atoms with Gasteiger partial charge in [-0.15, -0.1) is 0 Å². The van der Waals surface area contributed by atoms with E-state index in [1.54, 1.807) is 6.20 Å². The predicted octanol–water partition coefficient (Wildman–Crippen LogP) is 3.51. The molecule has 0 radical (unpaired) electrons. The Hall–Kier alpha value is -2.51. The van der Waals surface area contributed by atoms with E-state index in [4.69, 9.17) is 31.2 Å². The van der Waals surface area contributed by atoms with E-state index in [1.807, 2.05) is 35.9 Å². The van der Waals surface area contributed by atoms with E-state index < -0.39 is 0 Å². The van der Waals surface area contributed by atoms with Crippen molar-refractivity contribution >= 4 is 29.0 Å². The molecule has 2 aromatic heterocycles. The maximum Gasteiger partial charge on any atom is 0.290 e. The normalized spacial score (nSPS) is 23.3. The van der Waals surface area contributed by atoms with Crippen LogP contribution >= 0.6 is 11.6 Å². The number of rotatable bonds is 2. The van der Waals surface area contributed by atoms with Gasteiger partial charge >= 0.3 is 0 Å². The molecule has 8 heteroatoms. The summed E-state index contributed by atoms with van der Waals surface area (Å²) < 4.78 is 8.01. The molecule has 0 aliphatic carbocycles. The van der Waals surface area contributed by atoms with Crippen LogP contribution in [0.1, 0.15) is 36.8 Å². The Morgan fingerprint density at radius 2 is 2.15 bits per heavy atom. The van der Waals surface area contributed by atoms with Crippen LogP contribution in [0.25, 0.3) is 16.6 Å². The summed E-state index contributed by atoms with van der Waals surface area (Å²) in [6.45, 7) is 1.69. The highest BCUT2D eigenvalue weighted by atomic mass is 35.5. The first-order valence-electron chi connectivity index (χ1n) is 8.82. The van der Waals surface area contributed by atoms with Crippen LogP contribution in [0.15, 0.2) is 30.5 Å². The van der Waals surface area contributed by atoms with Crippen molar-refractivity contribution in [2.24, 2.45) is 0 Å². The number of hydrogen-bond donors (Lipinski definition) is 1. The average Bonchev–Trinajstić information content (AvgIpc) is 3.36. The zero-order chi connectivity index (χ0) is 19.0. The summed E-state index contributed by atoms with van der Waals surface area (Å²) in [4.78, 5) is 17.5. The average molecular weight is 387 g/mol. The maximum absolute atomic E-state index is 8.36. The fraction of sp³-hybridized carbons (Fsp3) is 0.368. The van der Waals surface area contributed by atoms with Crippen molar-refractivity contribution in [3.63, 3.8) is 0 Å². The van der Waals surface area contributed by atoms with Gasteiger partial charge in [-0.1, -0.05) is 11.6 Å². The smallest absolute Gasteiger partial charge is 0.290 e. The topological polar surface area (TPSA) is 90.1 Å². The van der Waals surface area contributed by atoms with Crippen molar-refractivity contribution < 1.29 is 14.6 Å². The molecular weight excluding hydrogens is 368 g/mol. The lowest BCUT2D eigenvalue weighted by molar-refractivity contribution is -0.122. The van der Waals surface area contributed by atoms with Gasteiger partial charge in [-0.05, 0) is 50.5 Å². The number of carbonyl (C=O) groups is 1. The van der Waals surface area contributed by atoms with Crippen LogP contribution in [-0.2, 0) is 9.53 Å². The number of nitrogens with zero attached hydrogens (tertiary/aromatic N) is 4. The summed E-state index contributed by atoms with van der Waals surface area (Å²) in [5.74, 6) is 2.11. The van der Waals surface area contributed by atoms with Crippen LogP contribution < -0.4 is 0 Å². The van der Waals surface area contributed by atoms with Crippen LogP contribution in [0.5, 0.6) is 0 Å². The number of aromatic nitrogens is 4. The van der Waals surface area contributed by atoms with Gasteiger partial charge in [-0.2, -0.15) is 5.10 Å². The van der Waals surface area contributed by atoms with Gasteiger partial charge in [-0.25, -0.2) is 9.67 Å². The van der Waals surface area contributed by atoms with Crippen LogP contribution in [0.3, 0.4) is 0 Å². The van der Waals surface area contributed by atoms with Gasteiger partial charge in [0.25, 0.3) is 6.47 Å². The Kier molecular flexibility index (Phi) is 4.80. The van der Waals surface area contributed by atoms with Gasteiger partial charge in [-0.3, -0.25) is 9.78 Å². The summed E-state index contributed by atoms with van der Waals surface area (Å²) >= 11 is 6.11. The van der Waals surface area contributed by atoms with Gasteiger partial charge in [0, 0.05) is 22.5 Å². The zero-order valence-corrected chi connectivity index (χ0v) is 15.5. The molecule has 140 valence electrons. The maximum atomic E-state index is 8.36. The third kappa shape index (κ3) is 3.28. The number of benzene rings is 1. The zero-order valence-electron chi connectivity index (χ0n) is 14.7. The molecule has 1 N–H and O–H groups in total. The van der Waals surface area contributed by atoms with Crippen LogP contribution in [0, 0.1) is 6.92 Å². The van der Waals surface area contributed by atoms with Crippen LogP contribution in [-0.4, -0.2) is 43.5 Å². The summed E-state index contributed by atoms with van der Waals surface area (Å²) in [6.07, 6.45) is 5.79. The second-order valence-electron chi connectivity index (χ2n) is 6.74. The summed E-state index contributed by atoms with van der Waals surface area (Å²) in [6, 6.07) is 7.75.